The van der Waals surface area contributed by atoms with E-state index in [-0.39, 0.29) is 17.2 Å². The van der Waals surface area contributed by atoms with Crippen molar-refractivity contribution in [3.8, 4) is 11.5 Å². The number of carbonyl (C=O) groups excluding carboxylic acids is 2. The molecule has 1 atom stereocenters. The van der Waals surface area contributed by atoms with Crippen LogP contribution in [0.2, 0.25) is 0 Å². The van der Waals surface area contributed by atoms with E-state index in [0.717, 1.165) is 45.2 Å². The lowest BCUT2D eigenvalue weighted by Crippen LogP contribution is -2.33. The highest BCUT2D eigenvalue weighted by Crippen LogP contribution is 2.53. The maximum absolute atomic E-state index is 13.6. The van der Waals surface area contributed by atoms with Gasteiger partial charge in [-0.25, -0.2) is 0 Å². The molecule has 0 bridgehead atoms. The van der Waals surface area contributed by atoms with Crippen molar-refractivity contribution in [3.63, 3.8) is 0 Å². The van der Waals surface area contributed by atoms with E-state index in [9.17, 15) is 9.59 Å². The van der Waals surface area contributed by atoms with Gasteiger partial charge in [0.2, 0.25) is 0 Å². The average Bonchev–Trinajstić information content (AvgIpc) is 2.78. The first kappa shape index (κ1) is 22.7. The van der Waals surface area contributed by atoms with Gasteiger partial charge < -0.3 is 14.8 Å². The molecule has 0 unspecified atom stereocenters. The van der Waals surface area contributed by atoms with Crippen LogP contribution in [0.4, 0.5) is 5.69 Å². The molecule has 0 amide bonds. The van der Waals surface area contributed by atoms with Crippen molar-refractivity contribution in [2.75, 3.05) is 12.4 Å². The average molecular weight is 520 g/mol. The minimum atomic E-state index is -0.432. The Balaban J connectivity index is 1.74. The number of rotatable bonds is 3. The van der Waals surface area contributed by atoms with Gasteiger partial charge >= 0.3 is 5.97 Å². The van der Waals surface area contributed by atoms with Crippen LogP contribution in [-0.4, -0.2) is 18.9 Å². The van der Waals surface area contributed by atoms with Gasteiger partial charge in [-0.15, -0.1) is 0 Å². The van der Waals surface area contributed by atoms with Crippen molar-refractivity contribution in [1.29, 1.82) is 0 Å². The molecule has 0 saturated heterocycles. The Morgan fingerprint density at radius 1 is 1.12 bits per heavy atom. The second-order valence-electron chi connectivity index (χ2n) is 9.75. The summed E-state index contributed by atoms with van der Waals surface area (Å²) in [5, 5.41) is 5.94. The number of carbonyl (C=O) groups is 2. The van der Waals surface area contributed by atoms with Gasteiger partial charge in [0, 0.05) is 30.2 Å². The zero-order valence-corrected chi connectivity index (χ0v) is 21.2. The summed E-state index contributed by atoms with van der Waals surface area (Å²) in [6.07, 6.45) is 1.31. The maximum Gasteiger partial charge on any atom is 0.308 e. The SMILES string of the molecule is COc1cc([C@@H]2Nc3ccc4ccccc4c3C3=C2C(=O)CC(C)(C)C3)cc(Br)c1OC(C)=O. The summed E-state index contributed by atoms with van der Waals surface area (Å²) in [4.78, 5) is 25.2. The number of nitrogens with one attached hydrogen (secondary N) is 1. The van der Waals surface area contributed by atoms with Crippen molar-refractivity contribution in [2.24, 2.45) is 5.41 Å². The van der Waals surface area contributed by atoms with Gasteiger partial charge in [-0.1, -0.05) is 44.2 Å². The van der Waals surface area contributed by atoms with E-state index in [1.807, 2.05) is 24.3 Å². The number of ketones is 1. The van der Waals surface area contributed by atoms with E-state index in [2.05, 4.69) is 59.4 Å². The molecule has 0 saturated carbocycles. The normalized spacial score (nSPS) is 18.7. The van der Waals surface area contributed by atoms with Crippen LogP contribution in [0.15, 0.2) is 58.6 Å². The fraction of sp³-hybridized carbons (Fsp3) is 0.286. The predicted molar refractivity (Wildman–Crippen MR) is 137 cm³/mol. The molecule has 0 fully saturated rings. The van der Waals surface area contributed by atoms with Gasteiger partial charge in [0.15, 0.2) is 17.3 Å². The number of anilines is 1. The van der Waals surface area contributed by atoms with E-state index < -0.39 is 5.97 Å². The number of methoxy groups -OCH3 is 1. The molecular formula is C28H26BrNO4. The first-order valence-electron chi connectivity index (χ1n) is 11.3. The Hall–Kier alpha value is -3.12. The quantitative estimate of drug-likeness (QED) is 0.303. The minimum Gasteiger partial charge on any atom is -0.493 e. The molecular weight excluding hydrogens is 494 g/mol. The predicted octanol–water partition coefficient (Wildman–Crippen LogP) is 6.85. The number of hydrogen-bond donors (Lipinski definition) is 1. The lowest BCUT2D eigenvalue weighted by molar-refractivity contribution is -0.132. The molecule has 0 spiro atoms. The first-order chi connectivity index (χ1) is 16.2. The van der Waals surface area contributed by atoms with Gasteiger partial charge in [0.25, 0.3) is 0 Å². The first-order valence-corrected chi connectivity index (χ1v) is 12.1. The topological polar surface area (TPSA) is 64.6 Å². The summed E-state index contributed by atoms with van der Waals surface area (Å²) in [5.74, 6) is 0.474. The van der Waals surface area contributed by atoms with Crippen LogP contribution in [0, 0.1) is 5.41 Å². The molecule has 5 nitrogen and oxygen atoms in total. The van der Waals surface area contributed by atoms with Crippen molar-refractivity contribution in [1.82, 2.24) is 0 Å². The summed E-state index contributed by atoms with van der Waals surface area (Å²) < 4.78 is 11.5. The molecule has 1 aliphatic carbocycles. The van der Waals surface area contributed by atoms with Crippen LogP contribution in [-0.2, 0) is 9.59 Å². The van der Waals surface area contributed by atoms with Crippen molar-refractivity contribution in [3.05, 3.63) is 69.7 Å². The molecule has 0 radical (unpaired) electrons. The van der Waals surface area contributed by atoms with Crippen LogP contribution < -0.4 is 14.8 Å². The minimum absolute atomic E-state index is 0.122. The van der Waals surface area contributed by atoms with E-state index in [1.54, 1.807) is 0 Å². The number of allylic oxidation sites excluding steroid dienone is 1. The fourth-order valence-corrected chi connectivity index (χ4v) is 5.78. The van der Waals surface area contributed by atoms with E-state index in [0.29, 0.717) is 22.4 Å². The molecule has 3 aromatic rings. The van der Waals surface area contributed by atoms with E-state index >= 15 is 0 Å². The van der Waals surface area contributed by atoms with E-state index in [4.69, 9.17) is 9.47 Å². The standard InChI is InChI=1S/C28H26BrNO4/c1-15(31)34-27-20(29)11-17(12-23(27)33-4)26-25-19(13-28(2,3)14-22(25)32)24-18-8-6-5-7-16(18)9-10-21(24)30-26/h5-12,26,30H,13-14H2,1-4H3/t26-/m0/s1. The molecule has 1 aliphatic heterocycles. The third-order valence-electron chi connectivity index (χ3n) is 6.57. The van der Waals surface area contributed by atoms with Crippen LogP contribution in [0.25, 0.3) is 16.3 Å². The Morgan fingerprint density at radius 3 is 2.62 bits per heavy atom. The highest BCUT2D eigenvalue weighted by Gasteiger charge is 2.41. The smallest absolute Gasteiger partial charge is 0.308 e. The molecule has 1 heterocycles. The molecule has 174 valence electrons. The lowest BCUT2D eigenvalue weighted by atomic mass is 9.68. The van der Waals surface area contributed by atoms with Crippen molar-refractivity contribution >= 4 is 49.7 Å². The second kappa shape index (κ2) is 8.27. The number of Topliss-reactive ketones (excluding diaryl/α,β-unsaturated/α-hetero) is 1. The number of benzene rings is 3. The Bertz CT molecular complexity index is 1390. The Labute approximate surface area is 207 Å². The fourth-order valence-electron chi connectivity index (χ4n) is 5.24. The van der Waals surface area contributed by atoms with Gasteiger partial charge in [-0.05, 0) is 67.9 Å². The van der Waals surface area contributed by atoms with Gasteiger partial charge in [0.1, 0.15) is 0 Å². The van der Waals surface area contributed by atoms with Crippen LogP contribution in [0.1, 0.15) is 50.8 Å². The molecule has 2 aliphatic rings. The highest BCUT2D eigenvalue weighted by atomic mass is 79.9. The highest BCUT2D eigenvalue weighted by molar-refractivity contribution is 9.10. The number of halogens is 1. The Morgan fingerprint density at radius 2 is 1.88 bits per heavy atom. The summed E-state index contributed by atoms with van der Waals surface area (Å²) in [6.45, 7) is 5.66. The van der Waals surface area contributed by atoms with Crippen LogP contribution >= 0.6 is 15.9 Å². The van der Waals surface area contributed by atoms with Gasteiger partial charge in [-0.2, -0.15) is 0 Å². The largest absolute Gasteiger partial charge is 0.493 e. The zero-order valence-electron chi connectivity index (χ0n) is 19.6. The molecule has 5 rings (SSSR count). The maximum atomic E-state index is 13.6. The molecule has 34 heavy (non-hydrogen) atoms. The number of esters is 1. The zero-order chi connectivity index (χ0) is 24.2. The molecule has 1 N–H and O–H groups in total. The molecule has 3 aromatic carbocycles. The Kier molecular flexibility index (Phi) is 5.52. The third kappa shape index (κ3) is 3.80. The second-order valence-corrected chi connectivity index (χ2v) is 10.6. The monoisotopic (exact) mass is 519 g/mol. The van der Waals surface area contributed by atoms with E-state index in [1.165, 1.54) is 14.0 Å². The third-order valence-corrected chi connectivity index (χ3v) is 7.16. The van der Waals surface area contributed by atoms with Crippen LogP contribution in [0.5, 0.6) is 11.5 Å². The van der Waals surface area contributed by atoms with Crippen molar-refractivity contribution < 1.29 is 19.1 Å². The summed E-state index contributed by atoms with van der Waals surface area (Å²) in [5.41, 5.74) is 4.77. The van der Waals surface area contributed by atoms with Gasteiger partial charge in [0.05, 0.1) is 17.6 Å². The summed E-state index contributed by atoms with van der Waals surface area (Å²) in [7, 11) is 1.53. The molecule has 0 aromatic heterocycles. The number of ether oxygens (including phenoxy) is 2. The summed E-state index contributed by atoms with van der Waals surface area (Å²) in [6, 6.07) is 15.9. The van der Waals surface area contributed by atoms with Crippen molar-refractivity contribution in [2.45, 2.75) is 39.7 Å². The molecule has 6 heteroatoms. The van der Waals surface area contributed by atoms with Gasteiger partial charge in [-0.3, -0.25) is 9.59 Å². The lowest BCUT2D eigenvalue weighted by Gasteiger charge is -2.40. The number of fused-ring (bicyclic) bond motifs is 4. The van der Waals surface area contributed by atoms with Crippen LogP contribution in [0.3, 0.4) is 0 Å². The number of hydrogen-bond acceptors (Lipinski definition) is 5. The summed E-state index contributed by atoms with van der Waals surface area (Å²) >= 11 is 3.53.